The van der Waals surface area contributed by atoms with Gasteiger partial charge in [-0.15, -0.1) is 0 Å². The highest BCUT2D eigenvalue weighted by Gasteiger charge is 2.26. The Morgan fingerprint density at radius 2 is 2.05 bits per heavy atom. The van der Waals surface area contributed by atoms with E-state index in [1.165, 1.54) is 5.56 Å². The van der Waals surface area contributed by atoms with Crippen molar-refractivity contribution in [3.63, 3.8) is 0 Å². The number of aliphatic hydroxyl groups is 1. The van der Waals surface area contributed by atoms with Crippen molar-refractivity contribution in [2.24, 2.45) is 5.73 Å². The number of hydrogen-bond acceptors (Lipinski definition) is 5. The van der Waals surface area contributed by atoms with Crippen LogP contribution >= 0.6 is 0 Å². The molecule has 0 bridgehead atoms. The van der Waals surface area contributed by atoms with Gasteiger partial charge in [0.2, 0.25) is 0 Å². The minimum absolute atomic E-state index is 0.244. The molecule has 1 saturated heterocycles. The van der Waals surface area contributed by atoms with Gasteiger partial charge in [-0.05, 0) is 25.5 Å². The zero-order valence-corrected chi connectivity index (χ0v) is 12.5. The summed E-state index contributed by atoms with van der Waals surface area (Å²) in [6.45, 7) is 8.95. The monoisotopic (exact) mass is 278 g/mol. The summed E-state index contributed by atoms with van der Waals surface area (Å²) in [5, 5.41) is 9.89. The molecule has 2 heterocycles. The molecule has 0 aromatic carbocycles. The molecule has 0 saturated carbocycles. The Hall–Kier alpha value is -1.01. The summed E-state index contributed by atoms with van der Waals surface area (Å²) in [6.07, 6.45) is 3.69. The lowest BCUT2D eigenvalue weighted by atomic mass is 10.1. The van der Waals surface area contributed by atoms with Crippen molar-refractivity contribution < 1.29 is 5.11 Å². The highest BCUT2D eigenvalue weighted by atomic mass is 16.3. The Morgan fingerprint density at radius 1 is 1.35 bits per heavy atom. The smallest absolute Gasteiger partial charge is 0.0718 e. The first-order chi connectivity index (χ1) is 9.49. The molecule has 20 heavy (non-hydrogen) atoms. The first-order valence-electron chi connectivity index (χ1n) is 7.28. The first kappa shape index (κ1) is 15.4. The quantitative estimate of drug-likeness (QED) is 0.819. The molecule has 1 fully saturated rings. The van der Waals surface area contributed by atoms with Gasteiger partial charge in [0.25, 0.3) is 0 Å². The van der Waals surface area contributed by atoms with E-state index in [9.17, 15) is 5.11 Å². The average molecular weight is 278 g/mol. The Kier molecular flexibility index (Phi) is 5.10. The van der Waals surface area contributed by atoms with Crippen LogP contribution in [0.15, 0.2) is 24.5 Å². The summed E-state index contributed by atoms with van der Waals surface area (Å²) < 4.78 is 0. The maximum absolute atomic E-state index is 9.89. The summed E-state index contributed by atoms with van der Waals surface area (Å²) in [6, 6.07) is 4.30. The number of pyridine rings is 1. The molecule has 1 aliphatic rings. The summed E-state index contributed by atoms with van der Waals surface area (Å²) in [4.78, 5) is 8.91. The van der Waals surface area contributed by atoms with E-state index in [1.54, 1.807) is 6.20 Å². The van der Waals surface area contributed by atoms with Crippen molar-refractivity contribution >= 4 is 0 Å². The third-order valence-corrected chi connectivity index (χ3v) is 3.75. The normalized spacial score (nSPS) is 20.0. The number of rotatable bonds is 5. The van der Waals surface area contributed by atoms with Crippen molar-refractivity contribution in [2.75, 3.05) is 39.3 Å². The maximum Gasteiger partial charge on any atom is 0.0718 e. The van der Waals surface area contributed by atoms with Gasteiger partial charge >= 0.3 is 0 Å². The second-order valence-electron chi connectivity index (χ2n) is 6.16. The Balaban J connectivity index is 1.92. The van der Waals surface area contributed by atoms with E-state index in [0.29, 0.717) is 6.54 Å². The van der Waals surface area contributed by atoms with E-state index in [4.69, 9.17) is 5.73 Å². The molecule has 112 valence electrons. The molecule has 2 rings (SSSR count). The van der Waals surface area contributed by atoms with E-state index >= 15 is 0 Å². The van der Waals surface area contributed by atoms with Gasteiger partial charge in [0.05, 0.1) is 5.60 Å². The fourth-order valence-corrected chi connectivity index (χ4v) is 2.85. The molecular weight excluding hydrogens is 252 g/mol. The van der Waals surface area contributed by atoms with Crippen molar-refractivity contribution in [3.8, 4) is 0 Å². The number of nitrogens with zero attached hydrogens (tertiary/aromatic N) is 3. The molecule has 3 N–H and O–H groups in total. The highest BCUT2D eigenvalue weighted by molar-refractivity contribution is 5.14. The summed E-state index contributed by atoms with van der Waals surface area (Å²) in [5.41, 5.74) is 6.51. The summed E-state index contributed by atoms with van der Waals surface area (Å²) in [5.74, 6) is 0. The molecule has 0 spiro atoms. The standard InChI is InChI=1S/C15H26N4O/c1-15(2,20)12-18-6-8-19(9-7-18)14(10-16)13-4-3-5-17-11-13/h3-5,11,14,20H,6-10,12,16H2,1-2H3. The van der Waals surface area contributed by atoms with Crippen molar-refractivity contribution in [3.05, 3.63) is 30.1 Å². The third kappa shape index (κ3) is 4.24. The topological polar surface area (TPSA) is 65.6 Å². The van der Waals surface area contributed by atoms with Gasteiger partial charge in [-0.2, -0.15) is 0 Å². The van der Waals surface area contributed by atoms with Crippen molar-refractivity contribution in [1.82, 2.24) is 14.8 Å². The largest absolute Gasteiger partial charge is 0.389 e. The van der Waals surface area contributed by atoms with E-state index < -0.39 is 5.60 Å². The average Bonchev–Trinajstić information content (AvgIpc) is 2.41. The SMILES string of the molecule is CC(C)(O)CN1CCN(C(CN)c2cccnc2)CC1. The van der Waals surface area contributed by atoms with Crippen molar-refractivity contribution in [1.29, 1.82) is 0 Å². The van der Waals surface area contributed by atoms with E-state index in [0.717, 1.165) is 32.7 Å². The Morgan fingerprint density at radius 3 is 2.55 bits per heavy atom. The fraction of sp³-hybridized carbons (Fsp3) is 0.667. The maximum atomic E-state index is 9.89. The third-order valence-electron chi connectivity index (χ3n) is 3.75. The highest BCUT2D eigenvalue weighted by Crippen LogP contribution is 2.20. The number of piperazine rings is 1. The zero-order chi connectivity index (χ0) is 14.6. The minimum Gasteiger partial charge on any atom is -0.389 e. The van der Waals surface area contributed by atoms with Crippen LogP contribution in [0.4, 0.5) is 0 Å². The Labute approximate surface area is 121 Å². The molecule has 1 aromatic heterocycles. The van der Waals surface area contributed by atoms with Crippen molar-refractivity contribution in [2.45, 2.75) is 25.5 Å². The summed E-state index contributed by atoms with van der Waals surface area (Å²) >= 11 is 0. The molecule has 0 radical (unpaired) electrons. The molecule has 5 heteroatoms. The van der Waals surface area contributed by atoms with Crippen LogP contribution < -0.4 is 5.73 Å². The molecule has 1 aliphatic heterocycles. The van der Waals surface area contributed by atoms with Crippen LogP contribution in [0.3, 0.4) is 0 Å². The second kappa shape index (κ2) is 6.63. The molecule has 5 nitrogen and oxygen atoms in total. The molecule has 1 atom stereocenters. The predicted octanol–water partition coefficient (Wildman–Crippen LogP) is 0.470. The van der Waals surface area contributed by atoms with Crippen LogP contribution in [0, 0.1) is 0 Å². The second-order valence-corrected chi connectivity index (χ2v) is 6.16. The van der Waals surface area contributed by atoms with Gasteiger partial charge in [-0.1, -0.05) is 6.07 Å². The molecular formula is C15H26N4O. The molecule has 0 amide bonds. The van der Waals surface area contributed by atoms with Gasteiger partial charge in [-0.3, -0.25) is 14.8 Å². The molecule has 0 aliphatic carbocycles. The first-order valence-corrected chi connectivity index (χ1v) is 7.28. The number of nitrogens with two attached hydrogens (primary N) is 1. The minimum atomic E-state index is -0.626. The van der Waals surface area contributed by atoms with Crippen LogP contribution in [0.1, 0.15) is 25.5 Å². The van der Waals surface area contributed by atoms with Gasteiger partial charge in [0.1, 0.15) is 0 Å². The van der Waals surface area contributed by atoms with Gasteiger partial charge in [0.15, 0.2) is 0 Å². The van der Waals surface area contributed by atoms with Gasteiger partial charge < -0.3 is 10.8 Å². The lowest BCUT2D eigenvalue weighted by molar-refractivity contribution is 0.0113. The zero-order valence-electron chi connectivity index (χ0n) is 12.5. The van der Waals surface area contributed by atoms with E-state index in [2.05, 4.69) is 20.9 Å². The number of hydrogen-bond donors (Lipinski definition) is 2. The van der Waals surface area contributed by atoms with E-state index in [1.807, 2.05) is 26.1 Å². The van der Waals surface area contributed by atoms with Crippen LogP contribution in [-0.4, -0.2) is 64.8 Å². The Bertz CT molecular complexity index is 396. The van der Waals surface area contributed by atoms with E-state index in [-0.39, 0.29) is 6.04 Å². The van der Waals surface area contributed by atoms with Crippen LogP contribution in [0.5, 0.6) is 0 Å². The lowest BCUT2D eigenvalue weighted by Gasteiger charge is -2.40. The van der Waals surface area contributed by atoms with Crippen LogP contribution in [-0.2, 0) is 0 Å². The van der Waals surface area contributed by atoms with Crippen LogP contribution in [0.2, 0.25) is 0 Å². The lowest BCUT2D eigenvalue weighted by Crippen LogP contribution is -2.52. The molecule has 1 aromatic rings. The number of β-amino-alcohol motifs (C(OH)–C–C–N with tert-alkyl or cyclic N) is 1. The predicted molar refractivity (Wildman–Crippen MR) is 80.3 cm³/mol. The number of aromatic nitrogens is 1. The van der Waals surface area contributed by atoms with Crippen LogP contribution in [0.25, 0.3) is 0 Å². The van der Waals surface area contributed by atoms with Gasteiger partial charge in [-0.25, -0.2) is 0 Å². The fourth-order valence-electron chi connectivity index (χ4n) is 2.85. The molecule has 1 unspecified atom stereocenters. The van der Waals surface area contributed by atoms with Gasteiger partial charge in [0, 0.05) is 57.7 Å². The summed E-state index contributed by atoms with van der Waals surface area (Å²) in [7, 11) is 0.